The average molecular weight is 747 g/mol. The molecule has 0 N–H and O–H groups in total. The Balaban J connectivity index is 1.21. The van der Waals surface area contributed by atoms with Gasteiger partial charge in [0.25, 0.3) is 0 Å². The summed E-state index contributed by atoms with van der Waals surface area (Å²) in [6.07, 6.45) is 6.08. The molecule has 2 nitrogen and oxygen atoms in total. The third kappa shape index (κ3) is 6.04. The Kier molecular flexibility index (Phi) is 9.06. The molecule has 3 heteroatoms. The quantitative estimate of drug-likeness (QED) is 0.136. The number of hydrogen-bond donors (Lipinski definition) is 0. The fraction of sp³-hybridized carbons (Fsp3) is 0.0370. The summed E-state index contributed by atoms with van der Waals surface area (Å²) in [4.78, 5) is 5.00. The molecule has 1 aliphatic heterocycles. The Morgan fingerprint density at radius 2 is 0.860 bits per heavy atom. The molecule has 0 radical (unpaired) electrons. The standard InChI is InChI=1S/C54H42N2Si/c1-7-20-41(21-8-1)42-34-36-46(37-35-42)55(43-22-9-2-10-23-43)47-38-39-50-53(40-47)57(48-28-15-5-16-29-48,49-30-17-6-18-31-49)52-33-19-32-51(54(50)52)56(44-24-11-3-12-25-44)45-26-13-4-14-27-45/h1-37,39-40,47H,38H2. The molecule has 0 fully saturated rings. The Morgan fingerprint density at radius 3 is 1.40 bits per heavy atom. The number of rotatable bonds is 9. The van der Waals surface area contributed by atoms with E-state index < -0.39 is 8.07 Å². The average Bonchev–Trinajstić information content (AvgIpc) is 3.60. The minimum absolute atomic E-state index is 0.0881. The van der Waals surface area contributed by atoms with Crippen LogP contribution in [0, 0.1) is 0 Å². The van der Waals surface area contributed by atoms with Gasteiger partial charge in [0.2, 0.25) is 0 Å². The molecule has 0 bridgehead atoms. The van der Waals surface area contributed by atoms with Gasteiger partial charge in [-0.05, 0) is 98.5 Å². The fourth-order valence-electron chi connectivity index (χ4n) is 9.22. The Bertz CT molecular complexity index is 2600. The molecule has 57 heavy (non-hydrogen) atoms. The largest absolute Gasteiger partial charge is 0.334 e. The van der Waals surface area contributed by atoms with Crippen molar-refractivity contribution in [3.63, 3.8) is 0 Å². The van der Waals surface area contributed by atoms with Crippen molar-refractivity contribution >= 4 is 57.6 Å². The highest BCUT2D eigenvalue weighted by molar-refractivity contribution is 7.19. The van der Waals surface area contributed by atoms with E-state index in [1.165, 1.54) is 60.1 Å². The number of benzene rings is 8. The van der Waals surface area contributed by atoms with Crippen molar-refractivity contribution in [3.8, 4) is 11.1 Å². The minimum Gasteiger partial charge on any atom is -0.334 e. The van der Waals surface area contributed by atoms with E-state index in [1.54, 1.807) is 0 Å². The van der Waals surface area contributed by atoms with Crippen LogP contribution in [0.5, 0.6) is 0 Å². The molecule has 1 aliphatic carbocycles. The lowest BCUT2D eigenvalue weighted by atomic mass is 9.93. The molecule has 8 aromatic carbocycles. The first-order valence-corrected chi connectivity index (χ1v) is 21.9. The summed E-state index contributed by atoms with van der Waals surface area (Å²) in [5, 5.41) is 5.69. The van der Waals surface area contributed by atoms with Crippen LogP contribution in [0.3, 0.4) is 0 Å². The lowest BCUT2D eigenvalue weighted by Crippen LogP contribution is -2.67. The topological polar surface area (TPSA) is 6.48 Å². The molecule has 0 spiro atoms. The highest BCUT2D eigenvalue weighted by Crippen LogP contribution is 2.48. The summed E-state index contributed by atoms with van der Waals surface area (Å²) < 4.78 is 0. The van der Waals surface area contributed by atoms with Gasteiger partial charge in [0.1, 0.15) is 0 Å². The molecule has 0 saturated heterocycles. The summed E-state index contributed by atoms with van der Waals surface area (Å²) in [7, 11) is -2.85. The second-order valence-corrected chi connectivity index (χ2v) is 18.5. The van der Waals surface area contributed by atoms with Gasteiger partial charge in [-0.1, -0.05) is 182 Å². The summed E-state index contributed by atoms with van der Waals surface area (Å²) in [5.74, 6) is 0. The van der Waals surface area contributed by atoms with Gasteiger partial charge in [0.05, 0.1) is 11.7 Å². The van der Waals surface area contributed by atoms with Crippen LogP contribution in [0.25, 0.3) is 16.7 Å². The van der Waals surface area contributed by atoms with Gasteiger partial charge in [0, 0.05) is 28.3 Å². The number of para-hydroxylation sites is 3. The number of allylic oxidation sites excluding steroid dienone is 2. The highest BCUT2D eigenvalue weighted by Gasteiger charge is 2.53. The van der Waals surface area contributed by atoms with Crippen LogP contribution in [0.4, 0.5) is 28.4 Å². The number of anilines is 5. The van der Waals surface area contributed by atoms with Crippen molar-refractivity contribution in [2.75, 3.05) is 9.80 Å². The van der Waals surface area contributed by atoms with Gasteiger partial charge in [-0.2, -0.15) is 0 Å². The molecule has 1 unspecified atom stereocenters. The van der Waals surface area contributed by atoms with Gasteiger partial charge < -0.3 is 9.80 Å². The molecule has 0 saturated carbocycles. The molecule has 272 valence electrons. The summed E-state index contributed by atoms with van der Waals surface area (Å²) in [6, 6.07) is 82.3. The summed E-state index contributed by atoms with van der Waals surface area (Å²) >= 11 is 0. The van der Waals surface area contributed by atoms with Crippen molar-refractivity contribution in [3.05, 3.63) is 247 Å². The number of hydrogen-bond acceptors (Lipinski definition) is 2. The van der Waals surface area contributed by atoms with Crippen molar-refractivity contribution in [1.29, 1.82) is 0 Å². The van der Waals surface area contributed by atoms with Crippen LogP contribution in [-0.2, 0) is 0 Å². The van der Waals surface area contributed by atoms with E-state index in [0.29, 0.717) is 0 Å². The molecular formula is C54H42N2Si. The minimum atomic E-state index is -2.85. The van der Waals surface area contributed by atoms with Crippen LogP contribution in [0.15, 0.2) is 242 Å². The van der Waals surface area contributed by atoms with E-state index in [2.05, 4.69) is 246 Å². The van der Waals surface area contributed by atoms with Crippen molar-refractivity contribution in [2.45, 2.75) is 12.5 Å². The SMILES string of the molecule is C1=C2C(=CC(N(c3ccccc3)c3ccc(-c4ccccc4)cc3)C1)[Si](c1ccccc1)(c1ccccc1)c1cccc(N(c3ccccc3)c3ccccc3)c12. The van der Waals surface area contributed by atoms with E-state index in [9.17, 15) is 0 Å². The normalized spacial score (nSPS) is 15.1. The Hall–Kier alpha value is -6.94. The maximum Gasteiger partial charge on any atom is 0.180 e. The maximum atomic E-state index is 2.65. The van der Waals surface area contributed by atoms with Crippen LogP contribution >= 0.6 is 0 Å². The maximum absolute atomic E-state index is 2.85. The molecule has 0 aromatic heterocycles. The summed E-state index contributed by atoms with van der Waals surface area (Å²) in [5.41, 5.74) is 11.0. The van der Waals surface area contributed by atoms with Crippen molar-refractivity contribution in [2.24, 2.45) is 0 Å². The van der Waals surface area contributed by atoms with E-state index in [-0.39, 0.29) is 6.04 Å². The molecule has 10 rings (SSSR count). The lowest BCUT2D eigenvalue weighted by molar-refractivity contribution is 0.785. The molecule has 1 heterocycles. The Morgan fingerprint density at radius 1 is 0.404 bits per heavy atom. The van der Waals surface area contributed by atoms with Crippen LogP contribution in [-0.4, -0.2) is 14.1 Å². The zero-order valence-corrected chi connectivity index (χ0v) is 32.7. The highest BCUT2D eigenvalue weighted by atomic mass is 28.3. The van der Waals surface area contributed by atoms with Gasteiger partial charge in [-0.3, -0.25) is 0 Å². The van der Waals surface area contributed by atoms with Gasteiger partial charge in [-0.15, -0.1) is 0 Å². The third-order valence-corrected chi connectivity index (χ3v) is 16.5. The van der Waals surface area contributed by atoms with E-state index >= 15 is 0 Å². The van der Waals surface area contributed by atoms with Crippen LogP contribution < -0.4 is 25.4 Å². The molecule has 0 amide bonds. The van der Waals surface area contributed by atoms with E-state index in [1.807, 2.05) is 0 Å². The molecule has 1 atom stereocenters. The van der Waals surface area contributed by atoms with Crippen molar-refractivity contribution < 1.29 is 0 Å². The zero-order chi connectivity index (χ0) is 38.0. The number of fused-ring (bicyclic) bond motifs is 3. The monoisotopic (exact) mass is 746 g/mol. The van der Waals surface area contributed by atoms with Gasteiger partial charge in [0.15, 0.2) is 8.07 Å². The van der Waals surface area contributed by atoms with Gasteiger partial charge in [-0.25, -0.2) is 0 Å². The molecule has 2 aliphatic rings. The van der Waals surface area contributed by atoms with E-state index in [0.717, 1.165) is 17.8 Å². The fourth-order valence-corrected chi connectivity index (χ4v) is 14.5. The summed E-state index contributed by atoms with van der Waals surface area (Å²) in [6.45, 7) is 0. The third-order valence-electron chi connectivity index (χ3n) is 11.6. The molecule has 8 aromatic rings. The van der Waals surface area contributed by atoms with Gasteiger partial charge >= 0.3 is 0 Å². The predicted molar refractivity (Wildman–Crippen MR) is 244 cm³/mol. The van der Waals surface area contributed by atoms with Crippen molar-refractivity contribution in [1.82, 2.24) is 0 Å². The zero-order valence-electron chi connectivity index (χ0n) is 31.7. The first-order chi connectivity index (χ1) is 28.3. The van der Waals surface area contributed by atoms with Crippen LogP contribution in [0.1, 0.15) is 12.0 Å². The lowest BCUT2D eigenvalue weighted by Gasteiger charge is -2.37. The number of nitrogens with zero attached hydrogens (tertiary/aromatic N) is 2. The first kappa shape index (κ1) is 34.5. The Labute approximate surface area is 337 Å². The predicted octanol–water partition coefficient (Wildman–Crippen LogP) is 11.8. The second-order valence-electron chi connectivity index (χ2n) is 14.8. The van der Waals surface area contributed by atoms with Crippen LogP contribution in [0.2, 0.25) is 0 Å². The second kappa shape index (κ2) is 14.9. The van der Waals surface area contributed by atoms with E-state index in [4.69, 9.17) is 0 Å². The molecular weight excluding hydrogens is 705 g/mol. The smallest absolute Gasteiger partial charge is 0.180 e. The first-order valence-electron chi connectivity index (χ1n) is 19.9.